The van der Waals surface area contributed by atoms with E-state index < -0.39 is 0 Å². The summed E-state index contributed by atoms with van der Waals surface area (Å²) in [6.45, 7) is 2.99. The zero-order chi connectivity index (χ0) is 17.5. The maximum atomic E-state index is 3.54. The highest BCUT2D eigenvalue weighted by molar-refractivity contribution is 9.10. The number of benzene rings is 3. The highest BCUT2D eigenvalue weighted by Crippen LogP contribution is 2.23. The first kappa shape index (κ1) is 17.5. The van der Waals surface area contributed by atoms with E-state index in [1.165, 1.54) is 16.3 Å². The zero-order valence-corrected chi connectivity index (χ0v) is 15.8. The minimum atomic E-state index is 0.287. The van der Waals surface area contributed by atoms with Gasteiger partial charge in [0.15, 0.2) is 0 Å². The van der Waals surface area contributed by atoms with Crippen molar-refractivity contribution in [1.29, 1.82) is 0 Å². The predicted molar refractivity (Wildman–Crippen MR) is 111 cm³/mol. The molecule has 0 saturated heterocycles. The van der Waals surface area contributed by atoms with Crippen molar-refractivity contribution in [3.63, 3.8) is 0 Å². The van der Waals surface area contributed by atoms with Crippen LogP contribution < -0.4 is 5.32 Å². The van der Waals surface area contributed by atoms with Gasteiger partial charge in [0.25, 0.3) is 0 Å². The summed E-state index contributed by atoms with van der Waals surface area (Å²) in [5.41, 5.74) is 2.34. The van der Waals surface area contributed by atoms with E-state index in [2.05, 4.69) is 88.6 Å². The molecule has 0 unspecified atom stereocenters. The Morgan fingerprint density at radius 2 is 1.76 bits per heavy atom. The van der Waals surface area contributed by atoms with Crippen LogP contribution >= 0.6 is 15.9 Å². The predicted octanol–water partition coefficient (Wildman–Crippen LogP) is 5.86. The number of hydrogen-bond acceptors (Lipinski definition) is 1. The van der Waals surface area contributed by atoms with Gasteiger partial charge in [-0.3, -0.25) is 0 Å². The number of nitrogens with one attached hydrogen (secondary N) is 1. The van der Waals surface area contributed by atoms with Gasteiger partial charge in [-0.1, -0.05) is 76.3 Å². The van der Waals surface area contributed by atoms with Gasteiger partial charge in [-0.15, -0.1) is 0 Å². The van der Waals surface area contributed by atoms with Crippen LogP contribution in [0, 0.1) is 11.8 Å². The molecule has 0 saturated carbocycles. The van der Waals surface area contributed by atoms with E-state index in [1.54, 1.807) is 0 Å². The summed E-state index contributed by atoms with van der Waals surface area (Å²) in [5.74, 6) is 6.21. The molecule has 3 aromatic carbocycles. The molecule has 3 rings (SSSR count). The molecule has 0 bridgehead atoms. The molecule has 0 heterocycles. The van der Waals surface area contributed by atoms with Gasteiger partial charge in [-0.05, 0) is 53.6 Å². The van der Waals surface area contributed by atoms with Crippen LogP contribution in [0.5, 0.6) is 0 Å². The number of allylic oxidation sites excluding steroid dienone is 1. The molecule has 0 aliphatic carbocycles. The van der Waals surface area contributed by atoms with Gasteiger partial charge in [0, 0.05) is 22.6 Å². The van der Waals surface area contributed by atoms with E-state index in [0.29, 0.717) is 0 Å². The molecule has 0 aliphatic heterocycles. The van der Waals surface area contributed by atoms with Gasteiger partial charge < -0.3 is 5.32 Å². The van der Waals surface area contributed by atoms with Crippen molar-refractivity contribution < 1.29 is 0 Å². The summed E-state index contributed by atoms with van der Waals surface area (Å²) in [4.78, 5) is 0. The number of halogens is 1. The smallest absolute Gasteiger partial charge is 0.0300 e. The molecular formula is C23H20BrN. The normalized spacial score (nSPS) is 12.1. The van der Waals surface area contributed by atoms with Gasteiger partial charge in [-0.25, -0.2) is 0 Å². The molecule has 3 aromatic rings. The lowest BCUT2D eigenvalue weighted by molar-refractivity contribution is 0.621. The van der Waals surface area contributed by atoms with E-state index in [9.17, 15) is 0 Å². The van der Waals surface area contributed by atoms with Crippen LogP contribution in [-0.4, -0.2) is 6.54 Å². The molecule has 0 aromatic heterocycles. The fourth-order valence-corrected chi connectivity index (χ4v) is 3.02. The third-order valence-electron chi connectivity index (χ3n) is 4.09. The van der Waals surface area contributed by atoms with Crippen molar-refractivity contribution in [2.24, 2.45) is 0 Å². The first-order chi connectivity index (χ1) is 12.2. The first-order valence-electron chi connectivity index (χ1n) is 8.37. The Kier molecular flexibility index (Phi) is 6.06. The Bertz CT molecular complexity index is 924. The van der Waals surface area contributed by atoms with E-state index >= 15 is 0 Å². The maximum Gasteiger partial charge on any atom is 0.0300 e. The average molecular weight is 390 g/mol. The second kappa shape index (κ2) is 8.67. The zero-order valence-electron chi connectivity index (χ0n) is 14.2. The second-order valence-corrected chi connectivity index (χ2v) is 6.79. The fraction of sp³-hybridized carbons (Fsp3) is 0.130. The standard InChI is InChI=1S/C23H20BrN/c1-18(22-12-7-10-20-9-4-5-11-23(20)22)25-17-6-2-3-8-19-13-15-21(24)16-14-19/h2,4-7,9-16,18,25H,17H2,1H3/b6-2+/t18-/m1/s1. The Morgan fingerprint density at radius 1 is 1.00 bits per heavy atom. The van der Waals surface area contributed by atoms with Crippen molar-refractivity contribution in [2.45, 2.75) is 13.0 Å². The van der Waals surface area contributed by atoms with Gasteiger partial charge in [0.2, 0.25) is 0 Å². The molecule has 2 heteroatoms. The molecular weight excluding hydrogens is 370 g/mol. The van der Waals surface area contributed by atoms with Crippen molar-refractivity contribution in [3.05, 3.63) is 94.5 Å². The van der Waals surface area contributed by atoms with Crippen LogP contribution in [0.4, 0.5) is 0 Å². The monoisotopic (exact) mass is 389 g/mol. The summed E-state index contributed by atoms with van der Waals surface area (Å²) < 4.78 is 1.07. The first-order valence-corrected chi connectivity index (χ1v) is 9.16. The van der Waals surface area contributed by atoms with E-state index in [4.69, 9.17) is 0 Å². The molecule has 25 heavy (non-hydrogen) atoms. The van der Waals surface area contributed by atoms with Crippen LogP contribution in [-0.2, 0) is 0 Å². The molecule has 124 valence electrons. The Labute approximate surface area is 157 Å². The minimum absolute atomic E-state index is 0.287. The quantitative estimate of drug-likeness (QED) is 0.550. The summed E-state index contributed by atoms with van der Waals surface area (Å²) >= 11 is 3.43. The molecule has 0 aliphatic rings. The van der Waals surface area contributed by atoms with E-state index in [1.807, 2.05) is 30.3 Å². The largest absolute Gasteiger partial charge is 0.307 e. The lowest BCUT2D eigenvalue weighted by atomic mass is 10.00. The minimum Gasteiger partial charge on any atom is -0.307 e. The van der Waals surface area contributed by atoms with E-state index in [0.717, 1.165) is 16.6 Å². The number of rotatable bonds is 4. The van der Waals surface area contributed by atoms with Crippen molar-refractivity contribution in [2.75, 3.05) is 6.54 Å². The van der Waals surface area contributed by atoms with Crippen LogP contribution in [0.1, 0.15) is 24.1 Å². The Balaban J connectivity index is 1.57. The van der Waals surface area contributed by atoms with Crippen molar-refractivity contribution >= 4 is 26.7 Å². The van der Waals surface area contributed by atoms with Gasteiger partial charge in [0.1, 0.15) is 0 Å². The van der Waals surface area contributed by atoms with Crippen molar-refractivity contribution in [3.8, 4) is 11.8 Å². The molecule has 0 amide bonds. The summed E-state index contributed by atoms with van der Waals surface area (Å²) in [7, 11) is 0. The summed E-state index contributed by atoms with van der Waals surface area (Å²) in [5, 5.41) is 6.13. The number of fused-ring (bicyclic) bond motifs is 1. The molecule has 1 atom stereocenters. The third-order valence-corrected chi connectivity index (χ3v) is 4.62. The highest BCUT2D eigenvalue weighted by atomic mass is 79.9. The van der Waals surface area contributed by atoms with E-state index in [-0.39, 0.29) is 6.04 Å². The van der Waals surface area contributed by atoms with Crippen molar-refractivity contribution in [1.82, 2.24) is 5.32 Å². The highest BCUT2D eigenvalue weighted by Gasteiger charge is 2.07. The summed E-state index contributed by atoms with van der Waals surface area (Å²) in [6, 6.07) is 23.3. The van der Waals surface area contributed by atoms with Gasteiger partial charge >= 0.3 is 0 Å². The van der Waals surface area contributed by atoms with Crippen LogP contribution in [0.25, 0.3) is 10.8 Å². The second-order valence-electron chi connectivity index (χ2n) is 5.88. The number of hydrogen-bond donors (Lipinski definition) is 1. The van der Waals surface area contributed by atoms with Gasteiger partial charge in [-0.2, -0.15) is 0 Å². The lowest BCUT2D eigenvalue weighted by Crippen LogP contribution is -2.18. The Hall–Kier alpha value is -2.34. The molecule has 0 fully saturated rings. The lowest BCUT2D eigenvalue weighted by Gasteiger charge is -2.15. The fourth-order valence-electron chi connectivity index (χ4n) is 2.76. The summed E-state index contributed by atoms with van der Waals surface area (Å²) in [6.07, 6.45) is 3.97. The maximum absolute atomic E-state index is 3.54. The molecule has 0 radical (unpaired) electrons. The topological polar surface area (TPSA) is 12.0 Å². The van der Waals surface area contributed by atoms with Gasteiger partial charge in [0.05, 0.1) is 0 Å². The van der Waals surface area contributed by atoms with Crippen LogP contribution in [0.2, 0.25) is 0 Å². The third kappa shape index (κ3) is 4.82. The molecule has 0 spiro atoms. The van der Waals surface area contributed by atoms with Crippen LogP contribution in [0.15, 0.2) is 83.4 Å². The SMILES string of the molecule is C[C@@H](NC/C=C/C#Cc1ccc(Br)cc1)c1cccc2ccccc12. The molecule has 1 nitrogen and oxygen atoms in total. The average Bonchev–Trinajstić information content (AvgIpc) is 2.65. The van der Waals surface area contributed by atoms with Crippen LogP contribution in [0.3, 0.4) is 0 Å². The Morgan fingerprint density at radius 3 is 2.60 bits per heavy atom. The molecule has 1 N–H and O–H groups in total.